The Morgan fingerprint density at radius 2 is 2.09 bits per heavy atom. The molecule has 0 bridgehead atoms. The summed E-state index contributed by atoms with van der Waals surface area (Å²) >= 11 is 6.10. The van der Waals surface area contributed by atoms with Crippen LogP contribution in [0.2, 0.25) is 5.02 Å². The lowest BCUT2D eigenvalue weighted by atomic mass is 9.67. The Bertz CT molecular complexity index is 769. The van der Waals surface area contributed by atoms with Crippen LogP contribution in [0.1, 0.15) is 39.9 Å². The van der Waals surface area contributed by atoms with Crippen molar-refractivity contribution in [2.45, 2.75) is 24.7 Å². The van der Waals surface area contributed by atoms with E-state index < -0.39 is 11.4 Å². The summed E-state index contributed by atoms with van der Waals surface area (Å²) in [6.45, 7) is 0. The Balaban J connectivity index is 2.17. The second-order valence-corrected chi connectivity index (χ2v) is 6.25. The maximum atomic E-state index is 12.1. The SMILES string of the molecule is COC(=O)c1cccc([C@]2(C=O)CCCc3cc(Cl)ccc32)c1. The molecule has 3 rings (SSSR count). The van der Waals surface area contributed by atoms with Crippen molar-refractivity contribution >= 4 is 23.9 Å². The molecule has 4 heteroatoms. The van der Waals surface area contributed by atoms with Gasteiger partial charge in [0.05, 0.1) is 18.1 Å². The van der Waals surface area contributed by atoms with Crippen molar-refractivity contribution in [2.24, 2.45) is 0 Å². The van der Waals surface area contributed by atoms with Gasteiger partial charge in [0.15, 0.2) is 0 Å². The van der Waals surface area contributed by atoms with E-state index >= 15 is 0 Å². The third-order valence-electron chi connectivity index (χ3n) is 4.57. The number of aldehydes is 1. The first kappa shape index (κ1) is 15.8. The lowest BCUT2D eigenvalue weighted by Gasteiger charge is -2.35. The molecule has 0 saturated carbocycles. The monoisotopic (exact) mass is 328 g/mol. The van der Waals surface area contributed by atoms with Crippen molar-refractivity contribution in [1.29, 1.82) is 0 Å². The average Bonchev–Trinajstić information content (AvgIpc) is 2.60. The van der Waals surface area contributed by atoms with Crippen molar-refractivity contribution in [2.75, 3.05) is 7.11 Å². The third kappa shape index (κ3) is 2.66. The fourth-order valence-corrected chi connectivity index (χ4v) is 3.62. The van der Waals surface area contributed by atoms with E-state index in [1.165, 1.54) is 7.11 Å². The highest BCUT2D eigenvalue weighted by Crippen LogP contribution is 2.42. The quantitative estimate of drug-likeness (QED) is 0.633. The van der Waals surface area contributed by atoms with Crippen LogP contribution in [0.5, 0.6) is 0 Å². The van der Waals surface area contributed by atoms with Crippen LogP contribution in [0, 0.1) is 0 Å². The van der Waals surface area contributed by atoms with Gasteiger partial charge in [-0.1, -0.05) is 29.8 Å². The molecule has 0 unspecified atom stereocenters. The fourth-order valence-electron chi connectivity index (χ4n) is 3.43. The summed E-state index contributed by atoms with van der Waals surface area (Å²) in [5, 5.41) is 0.675. The molecule has 0 aromatic heterocycles. The number of carbonyl (C=O) groups excluding carboxylic acids is 2. The summed E-state index contributed by atoms with van der Waals surface area (Å²) < 4.78 is 4.79. The van der Waals surface area contributed by atoms with Crippen LogP contribution in [0.15, 0.2) is 42.5 Å². The first-order valence-corrected chi connectivity index (χ1v) is 7.92. The number of hydrogen-bond donors (Lipinski definition) is 0. The first-order valence-electron chi connectivity index (χ1n) is 7.55. The second kappa shape index (κ2) is 6.17. The van der Waals surface area contributed by atoms with Gasteiger partial charge in [-0.15, -0.1) is 0 Å². The molecule has 0 spiro atoms. The molecule has 0 fully saturated rings. The van der Waals surface area contributed by atoms with Crippen LogP contribution in [0.3, 0.4) is 0 Å². The minimum atomic E-state index is -0.734. The highest BCUT2D eigenvalue weighted by atomic mass is 35.5. The van der Waals surface area contributed by atoms with Gasteiger partial charge in [-0.2, -0.15) is 0 Å². The van der Waals surface area contributed by atoms with Gasteiger partial charge >= 0.3 is 5.97 Å². The van der Waals surface area contributed by atoms with Crippen molar-refractivity contribution in [1.82, 2.24) is 0 Å². The van der Waals surface area contributed by atoms with Crippen LogP contribution in [-0.2, 0) is 21.4 Å². The van der Waals surface area contributed by atoms with Crippen LogP contribution in [0.25, 0.3) is 0 Å². The largest absolute Gasteiger partial charge is 0.465 e. The molecule has 0 radical (unpaired) electrons. The minimum absolute atomic E-state index is 0.403. The number of rotatable bonds is 3. The smallest absolute Gasteiger partial charge is 0.337 e. The number of fused-ring (bicyclic) bond motifs is 1. The number of halogens is 1. The van der Waals surface area contributed by atoms with Crippen LogP contribution >= 0.6 is 11.6 Å². The van der Waals surface area contributed by atoms with Crippen molar-refractivity contribution in [3.63, 3.8) is 0 Å². The van der Waals surface area contributed by atoms with Gasteiger partial charge in [0.2, 0.25) is 0 Å². The number of benzene rings is 2. The van der Waals surface area contributed by atoms with E-state index in [1.807, 2.05) is 24.3 Å². The van der Waals surface area contributed by atoms with Gasteiger partial charge in [0, 0.05) is 5.02 Å². The predicted molar refractivity (Wildman–Crippen MR) is 89.0 cm³/mol. The van der Waals surface area contributed by atoms with Crippen molar-refractivity contribution < 1.29 is 14.3 Å². The van der Waals surface area contributed by atoms with Gasteiger partial charge in [-0.05, 0) is 60.2 Å². The summed E-state index contributed by atoms with van der Waals surface area (Å²) in [5.74, 6) is -0.403. The van der Waals surface area contributed by atoms with E-state index in [0.717, 1.165) is 42.2 Å². The van der Waals surface area contributed by atoms with Gasteiger partial charge in [-0.25, -0.2) is 4.79 Å². The highest BCUT2D eigenvalue weighted by Gasteiger charge is 2.38. The van der Waals surface area contributed by atoms with Crippen LogP contribution in [0.4, 0.5) is 0 Å². The first-order chi connectivity index (χ1) is 11.1. The van der Waals surface area contributed by atoms with E-state index in [1.54, 1.807) is 18.2 Å². The molecule has 1 atom stereocenters. The molecule has 3 nitrogen and oxygen atoms in total. The maximum absolute atomic E-state index is 12.1. The van der Waals surface area contributed by atoms with Crippen LogP contribution < -0.4 is 0 Å². The Kier molecular flexibility index (Phi) is 4.22. The normalized spacial score (nSPS) is 19.7. The van der Waals surface area contributed by atoms with Gasteiger partial charge in [0.1, 0.15) is 6.29 Å². The van der Waals surface area contributed by atoms with E-state index in [9.17, 15) is 9.59 Å². The fraction of sp³-hybridized carbons (Fsp3) is 0.263. The molecule has 0 N–H and O–H groups in total. The number of hydrogen-bond acceptors (Lipinski definition) is 3. The zero-order valence-electron chi connectivity index (χ0n) is 12.8. The molecule has 1 aliphatic rings. The molecule has 0 saturated heterocycles. The van der Waals surface area contributed by atoms with Gasteiger partial charge < -0.3 is 9.53 Å². The number of esters is 1. The van der Waals surface area contributed by atoms with Crippen LogP contribution in [-0.4, -0.2) is 19.4 Å². The Morgan fingerprint density at radius 1 is 1.26 bits per heavy atom. The highest BCUT2D eigenvalue weighted by molar-refractivity contribution is 6.30. The summed E-state index contributed by atoms with van der Waals surface area (Å²) in [6.07, 6.45) is 3.52. The second-order valence-electron chi connectivity index (χ2n) is 5.82. The van der Waals surface area contributed by atoms with Crippen molar-refractivity contribution in [3.8, 4) is 0 Å². The number of methoxy groups -OCH3 is 1. The van der Waals surface area contributed by atoms with E-state index in [0.29, 0.717) is 10.6 Å². The third-order valence-corrected chi connectivity index (χ3v) is 4.80. The molecule has 0 amide bonds. The molecular weight excluding hydrogens is 312 g/mol. The summed E-state index contributed by atoms with van der Waals surface area (Å²) in [7, 11) is 1.35. The predicted octanol–water partition coefficient (Wildman–Crippen LogP) is 3.95. The topological polar surface area (TPSA) is 43.4 Å². The summed E-state index contributed by atoms with van der Waals surface area (Å²) in [5.41, 5.74) is 2.61. The van der Waals surface area contributed by atoms with Gasteiger partial charge in [0.25, 0.3) is 0 Å². The molecule has 1 aliphatic carbocycles. The molecule has 23 heavy (non-hydrogen) atoms. The number of ether oxygens (including phenoxy) is 1. The lowest BCUT2D eigenvalue weighted by molar-refractivity contribution is -0.111. The Labute approximate surface area is 140 Å². The molecule has 2 aromatic carbocycles. The Hall–Kier alpha value is -2.13. The van der Waals surface area contributed by atoms with Gasteiger partial charge in [-0.3, -0.25) is 0 Å². The molecular formula is C19H17ClO3. The maximum Gasteiger partial charge on any atom is 0.337 e. The average molecular weight is 329 g/mol. The molecule has 0 aliphatic heterocycles. The minimum Gasteiger partial charge on any atom is -0.465 e. The Morgan fingerprint density at radius 3 is 2.83 bits per heavy atom. The summed E-state index contributed by atoms with van der Waals surface area (Å²) in [6, 6.07) is 12.8. The van der Waals surface area contributed by atoms with Crippen molar-refractivity contribution in [3.05, 3.63) is 69.7 Å². The standard InChI is InChI=1S/C19H17ClO3/c1-23-18(22)14-4-2-6-15(10-14)19(12-21)9-3-5-13-11-16(20)7-8-17(13)19/h2,4,6-8,10-12H,3,5,9H2,1H3/t19-/m1/s1. The number of carbonyl (C=O) groups is 2. The molecule has 0 heterocycles. The summed E-state index contributed by atoms with van der Waals surface area (Å²) in [4.78, 5) is 23.9. The zero-order valence-corrected chi connectivity index (χ0v) is 13.6. The van der Waals surface area contributed by atoms with E-state index in [-0.39, 0.29) is 0 Å². The molecule has 2 aromatic rings. The zero-order chi connectivity index (χ0) is 16.4. The molecule has 118 valence electrons. The number of aryl methyl sites for hydroxylation is 1. The van der Waals surface area contributed by atoms with E-state index in [2.05, 4.69) is 0 Å². The lowest BCUT2D eigenvalue weighted by Crippen LogP contribution is -2.34. The van der Waals surface area contributed by atoms with E-state index in [4.69, 9.17) is 16.3 Å².